The van der Waals surface area contributed by atoms with Crippen LogP contribution in [0.2, 0.25) is 0 Å². The molecule has 0 aliphatic heterocycles. The fourth-order valence-corrected chi connectivity index (χ4v) is 2.42. The number of amides is 1. The van der Waals surface area contributed by atoms with Gasteiger partial charge in [0.15, 0.2) is 0 Å². The highest BCUT2D eigenvalue weighted by molar-refractivity contribution is 5.96. The van der Waals surface area contributed by atoms with Crippen LogP contribution in [0.4, 0.5) is 0 Å². The molecule has 0 saturated carbocycles. The van der Waals surface area contributed by atoms with Gasteiger partial charge in [-0.2, -0.15) is 0 Å². The summed E-state index contributed by atoms with van der Waals surface area (Å²) in [4.78, 5) is 31.9. The normalized spacial score (nSPS) is 10.5. The third-order valence-electron chi connectivity index (χ3n) is 3.74. The van der Waals surface area contributed by atoms with Crippen LogP contribution in [0.3, 0.4) is 0 Å². The van der Waals surface area contributed by atoms with E-state index in [-0.39, 0.29) is 17.6 Å². The summed E-state index contributed by atoms with van der Waals surface area (Å²) in [6.07, 6.45) is 1.39. The zero-order valence-corrected chi connectivity index (χ0v) is 13.8. The highest BCUT2D eigenvalue weighted by Crippen LogP contribution is 2.13. The summed E-state index contributed by atoms with van der Waals surface area (Å²) in [7, 11) is 3.04. The first-order valence-corrected chi connectivity index (χ1v) is 7.60. The molecular weight excluding hydrogens is 322 g/mol. The van der Waals surface area contributed by atoms with Crippen molar-refractivity contribution in [2.45, 2.75) is 6.54 Å². The number of nitrogens with zero attached hydrogens (tertiary/aromatic N) is 1. The minimum atomic E-state index is -0.476. The van der Waals surface area contributed by atoms with Crippen molar-refractivity contribution in [2.24, 2.45) is 0 Å². The Hall–Kier alpha value is -3.35. The SMILES string of the molecule is COc1cccc(CNC(=O)c2c[nH]c3ccc(OC)nc3c2=O)c1. The molecule has 25 heavy (non-hydrogen) atoms. The summed E-state index contributed by atoms with van der Waals surface area (Å²) in [6.45, 7) is 0.277. The van der Waals surface area contributed by atoms with E-state index in [9.17, 15) is 9.59 Å². The van der Waals surface area contributed by atoms with Crippen LogP contribution in [0.5, 0.6) is 11.6 Å². The number of ether oxygens (including phenoxy) is 2. The Bertz CT molecular complexity index is 981. The number of carbonyl (C=O) groups is 1. The predicted molar refractivity (Wildman–Crippen MR) is 93.1 cm³/mol. The first-order valence-electron chi connectivity index (χ1n) is 7.60. The highest BCUT2D eigenvalue weighted by atomic mass is 16.5. The summed E-state index contributed by atoms with van der Waals surface area (Å²) < 4.78 is 10.2. The molecule has 0 spiro atoms. The van der Waals surface area contributed by atoms with Gasteiger partial charge < -0.3 is 19.8 Å². The second kappa shape index (κ2) is 7.04. The molecular formula is C18H17N3O4. The molecule has 0 atom stereocenters. The molecule has 0 aliphatic rings. The van der Waals surface area contributed by atoms with Crippen LogP contribution in [0.1, 0.15) is 15.9 Å². The number of fused-ring (bicyclic) bond motifs is 1. The van der Waals surface area contributed by atoms with Gasteiger partial charge in [0.25, 0.3) is 5.91 Å². The van der Waals surface area contributed by atoms with Crippen LogP contribution < -0.4 is 20.2 Å². The second-order valence-corrected chi connectivity index (χ2v) is 5.32. The van der Waals surface area contributed by atoms with E-state index in [0.717, 1.165) is 5.56 Å². The fourth-order valence-electron chi connectivity index (χ4n) is 2.42. The third kappa shape index (κ3) is 3.45. The van der Waals surface area contributed by atoms with Crippen molar-refractivity contribution in [1.82, 2.24) is 15.3 Å². The lowest BCUT2D eigenvalue weighted by molar-refractivity contribution is 0.0949. The van der Waals surface area contributed by atoms with Gasteiger partial charge in [-0.3, -0.25) is 9.59 Å². The van der Waals surface area contributed by atoms with Gasteiger partial charge in [0.1, 0.15) is 16.8 Å². The number of carbonyl (C=O) groups excluding carboxylic acids is 1. The summed E-state index contributed by atoms with van der Waals surface area (Å²) in [6, 6.07) is 10.6. The lowest BCUT2D eigenvalue weighted by atomic mass is 10.2. The number of nitrogens with one attached hydrogen (secondary N) is 2. The maximum absolute atomic E-state index is 12.5. The van der Waals surface area contributed by atoms with E-state index in [2.05, 4.69) is 15.3 Å². The van der Waals surface area contributed by atoms with E-state index in [0.29, 0.717) is 17.1 Å². The van der Waals surface area contributed by atoms with E-state index in [1.807, 2.05) is 24.3 Å². The molecule has 2 heterocycles. The van der Waals surface area contributed by atoms with Crippen molar-refractivity contribution in [2.75, 3.05) is 14.2 Å². The van der Waals surface area contributed by atoms with Gasteiger partial charge in [0, 0.05) is 18.8 Å². The number of pyridine rings is 2. The van der Waals surface area contributed by atoms with E-state index >= 15 is 0 Å². The molecule has 7 heteroatoms. The van der Waals surface area contributed by atoms with E-state index < -0.39 is 11.3 Å². The molecule has 0 saturated heterocycles. The van der Waals surface area contributed by atoms with Crippen LogP contribution in [0, 0.1) is 0 Å². The van der Waals surface area contributed by atoms with Gasteiger partial charge in [-0.05, 0) is 23.8 Å². The van der Waals surface area contributed by atoms with Gasteiger partial charge in [0.2, 0.25) is 11.3 Å². The Morgan fingerprint density at radius 2 is 2.04 bits per heavy atom. The number of benzene rings is 1. The molecule has 0 unspecified atom stereocenters. The van der Waals surface area contributed by atoms with Gasteiger partial charge in [-0.25, -0.2) is 4.98 Å². The van der Waals surface area contributed by atoms with Crippen LogP contribution in [0.15, 0.2) is 47.4 Å². The predicted octanol–water partition coefficient (Wildman–Crippen LogP) is 1.87. The summed E-state index contributed by atoms with van der Waals surface area (Å²) in [5.74, 6) is 0.536. The molecule has 7 nitrogen and oxygen atoms in total. The van der Waals surface area contributed by atoms with Crippen molar-refractivity contribution in [3.05, 3.63) is 63.9 Å². The largest absolute Gasteiger partial charge is 0.497 e. The standard InChI is InChI=1S/C18H17N3O4/c1-24-12-5-3-4-11(8-12)9-20-18(23)13-10-19-14-6-7-15(25-2)21-16(14)17(13)22/h3-8,10H,9H2,1-2H3,(H,19,22)(H,20,23). The van der Waals surface area contributed by atoms with E-state index in [4.69, 9.17) is 9.47 Å². The van der Waals surface area contributed by atoms with Crippen LogP contribution in [-0.2, 0) is 6.54 Å². The lowest BCUT2D eigenvalue weighted by Gasteiger charge is -2.07. The minimum Gasteiger partial charge on any atom is -0.497 e. The molecule has 3 rings (SSSR count). The van der Waals surface area contributed by atoms with Crippen molar-refractivity contribution in [3.8, 4) is 11.6 Å². The number of rotatable bonds is 5. The van der Waals surface area contributed by atoms with Crippen molar-refractivity contribution >= 4 is 16.9 Å². The molecule has 1 aromatic carbocycles. The second-order valence-electron chi connectivity index (χ2n) is 5.32. The molecule has 3 aromatic rings. The molecule has 0 bridgehead atoms. The highest BCUT2D eigenvalue weighted by Gasteiger charge is 2.14. The number of aromatic amines is 1. The number of aromatic nitrogens is 2. The van der Waals surface area contributed by atoms with Gasteiger partial charge in [-0.1, -0.05) is 12.1 Å². The van der Waals surface area contributed by atoms with Crippen molar-refractivity contribution < 1.29 is 14.3 Å². The zero-order valence-electron chi connectivity index (χ0n) is 13.8. The van der Waals surface area contributed by atoms with E-state index in [1.165, 1.54) is 13.3 Å². The van der Waals surface area contributed by atoms with E-state index in [1.54, 1.807) is 19.2 Å². The molecule has 0 radical (unpaired) electrons. The average molecular weight is 339 g/mol. The van der Waals surface area contributed by atoms with Gasteiger partial charge in [-0.15, -0.1) is 0 Å². The molecule has 2 aromatic heterocycles. The quantitative estimate of drug-likeness (QED) is 0.740. The van der Waals surface area contributed by atoms with Gasteiger partial charge >= 0.3 is 0 Å². The summed E-state index contributed by atoms with van der Waals surface area (Å²) in [5, 5.41) is 2.73. The fraction of sp³-hybridized carbons (Fsp3) is 0.167. The molecule has 2 N–H and O–H groups in total. The number of methoxy groups -OCH3 is 2. The summed E-state index contributed by atoms with van der Waals surface area (Å²) >= 11 is 0. The van der Waals surface area contributed by atoms with Crippen LogP contribution >= 0.6 is 0 Å². The van der Waals surface area contributed by atoms with Gasteiger partial charge in [0.05, 0.1) is 19.7 Å². The molecule has 0 fully saturated rings. The van der Waals surface area contributed by atoms with Crippen LogP contribution in [0.25, 0.3) is 11.0 Å². The first-order chi connectivity index (χ1) is 12.1. The Balaban J connectivity index is 1.84. The van der Waals surface area contributed by atoms with Crippen molar-refractivity contribution in [1.29, 1.82) is 0 Å². The lowest BCUT2D eigenvalue weighted by Crippen LogP contribution is -2.28. The maximum atomic E-state index is 12.5. The third-order valence-corrected chi connectivity index (χ3v) is 3.74. The number of hydrogen-bond acceptors (Lipinski definition) is 5. The molecule has 0 aliphatic carbocycles. The van der Waals surface area contributed by atoms with Crippen molar-refractivity contribution in [3.63, 3.8) is 0 Å². The number of H-pyrrole nitrogens is 1. The first kappa shape index (κ1) is 16.5. The Labute approximate surface area is 143 Å². The number of hydrogen-bond donors (Lipinski definition) is 2. The Morgan fingerprint density at radius 1 is 1.20 bits per heavy atom. The molecule has 1 amide bonds. The zero-order chi connectivity index (χ0) is 17.8. The summed E-state index contributed by atoms with van der Waals surface area (Å²) in [5.41, 5.74) is 1.11. The monoisotopic (exact) mass is 339 g/mol. The topological polar surface area (TPSA) is 93.3 Å². The Morgan fingerprint density at radius 3 is 2.80 bits per heavy atom. The smallest absolute Gasteiger partial charge is 0.257 e. The molecule has 128 valence electrons. The maximum Gasteiger partial charge on any atom is 0.257 e. The Kier molecular flexibility index (Phi) is 4.65. The average Bonchev–Trinajstić information content (AvgIpc) is 2.66. The minimum absolute atomic E-state index is 0.00357. The van der Waals surface area contributed by atoms with Crippen LogP contribution in [-0.4, -0.2) is 30.1 Å².